The topological polar surface area (TPSA) is 248 Å². The van der Waals surface area contributed by atoms with Gasteiger partial charge in [0.05, 0.1) is 138 Å². The van der Waals surface area contributed by atoms with Crippen LogP contribution in [-0.4, -0.2) is 9.13 Å². The van der Waals surface area contributed by atoms with Crippen LogP contribution < -0.4 is 10.4 Å². The van der Waals surface area contributed by atoms with Crippen LogP contribution in [-0.2, 0) is 6.18 Å². The SMILES string of the molecule is N#CC1=CCC(=c2ccc3c4ccc(=C5CC=C(C#N)C=C5C#N)cc4n(-c4cc(C#N)c(-n5c6cc(-c7ccc(C#N)cc7C#N)ccc6c6ccc(-c7ccc(C#N)cc7C#N)cc65)cc4-c4ccc(C(F)(F)F)cc4C#N)c3c2)C(C#N)=C1. The van der Waals surface area contributed by atoms with Crippen molar-refractivity contribution in [3.63, 3.8) is 0 Å². The van der Waals surface area contributed by atoms with Crippen LogP contribution in [0.2, 0.25) is 0 Å². The highest BCUT2D eigenvalue weighted by atomic mass is 19.4. The first-order valence-corrected chi connectivity index (χ1v) is 26.2. The van der Waals surface area contributed by atoms with E-state index in [-0.39, 0.29) is 79.9 Å². The smallest absolute Gasteiger partial charge is 0.309 e. The number of benzene rings is 8. The van der Waals surface area contributed by atoms with Gasteiger partial charge in [0.2, 0.25) is 0 Å². The van der Waals surface area contributed by atoms with Crippen molar-refractivity contribution in [3.05, 3.63) is 236 Å². The van der Waals surface area contributed by atoms with Crippen molar-refractivity contribution >= 4 is 54.8 Å². The number of nitriles is 10. The van der Waals surface area contributed by atoms with E-state index in [4.69, 9.17) is 0 Å². The van der Waals surface area contributed by atoms with Crippen molar-refractivity contribution in [1.82, 2.24) is 9.13 Å². The van der Waals surface area contributed by atoms with E-state index in [1.54, 1.807) is 48.6 Å². The summed E-state index contributed by atoms with van der Waals surface area (Å²) in [6.07, 6.45) is 2.02. The Labute approximate surface area is 487 Å². The van der Waals surface area contributed by atoms with Gasteiger partial charge in [-0.15, -0.1) is 0 Å². The molecule has 0 atom stereocenters. The van der Waals surface area contributed by atoms with E-state index in [1.807, 2.05) is 88.0 Å². The Balaban J connectivity index is 1.25. The number of aromatic nitrogens is 2. The summed E-state index contributed by atoms with van der Waals surface area (Å²) in [5.74, 6) is 0. The largest absolute Gasteiger partial charge is 0.416 e. The van der Waals surface area contributed by atoms with Gasteiger partial charge in [-0.1, -0.05) is 78.9 Å². The molecule has 2 aromatic heterocycles. The Morgan fingerprint density at radius 1 is 0.349 bits per heavy atom. The lowest BCUT2D eigenvalue weighted by molar-refractivity contribution is -0.137. The van der Waals surface area contributed by atoms with Gasteiger partial charge >= 0.3 is 6.18 Å². The van der Waals surface area contributed by atoms with Crippen molar-refractivity contribution in [2.24, 2.45) is 0 Å². The number of allylic oxidation sites excluding steroid dienone is 8. The molecule has 0 unspecified atom stereocenters. The molecule has 8 aromatic carbocycles. The van der Waals surface area contributed by atoms with Gasteiger partial charge in [0.1, 0.15) is 6.07 Å². The maximum Gasteiger partial charge on any atom is 0.416 e. The third-order valence-electron chi connectivity index (χ3n) is 15.7. The summed E-state index contributed by atoms with van der Waals surface area (Å²) in [6, 6.07) is 59.3. The van der Waals surface area contributed by atoms with E-state index in [0.29, 0.717) is 98.6 Å². The minimum atomic E-state index is -4.85. The summed E-state index contributed by atoms with van der Waals surface area (Å²) in [7, 11) is 0. The van der Waals surface area contributed by atoms with Gasteiger partial charge in [-0.2, -0.15) is 65.8 Å². The summed E-state index contributed by atoms with van der Waals surface area (Å²) >= 11 is 0. The van der Waals surface area contributed by atoms with Gasteiger partial charge in [0, 0.05) is 43.8 Å². The van der Waals surface area contributed by atoms with Gasteiger partial charge in [0.15, 0.2) is 0 Å². The van der Waals surface area contributed by atoms with E-state index in [9.17, 15) is 65.8 Å². The van der Waals surface area contributed by atoms with Crippen LogP contribution in [0.5, 0.6) is 0 Å². The molecule has 0 fully saturated rings. The van der Waals surface area contributed by atoms with Crippen LogP contribution >= 0.6 is 0 Å². The van der Waals surface area contributed by atoms with Crippen molar-refractivity contribution in [2.75, 3.05) is 0 Å². The molecule has 0 radical (unpaired) electrons. The van der Waals surface area contributed by atoms with Crippen LogP contribution in [0.25, 0.3) is 99.5 Å². The molecule has 0 saturated heterocycles. The maximum atomic E-state index is 14.7. The van der Waals surface area contributed by atoms with Gasteiger partial charge in [0.25, 0.3) is 0 Å². The second-order valence-electron chi connectivity index (χ2n) is 20.2. The summed E-state index contributed by atoms with van der Waals surface area (Å²) < 4.78 is 47.7. The Morgan fingerprint density at radius 3 is 1.21 bits per heavy atom. The zero-order valence-electron chi connectivity index (χ0n) is 44.5. The van der Waals surface area contributed by atoms with E-state index in [2.05, 4.69) is 54.6 Å². The standard InChI is InChI=1S/C71H31F3N12/c72-71(73,74)54-9-18-59(52(23-54)38-83)64-29-65(85-66-24-44(55-10-1-40(30-75)19-48(55)34-79)5-14-60(66)61-15-6-45(25-67(61)85)56-11-2-41(31-76)20-49(56)35-80)53(39-84)28-70(64)86-68-26-46(57-12-3-42(32-77)21-50(57)36-81)7-16-62(68)63-17-8-47(27-69(63)86)58-13-4-43(33-78)22-51(58)37-82/h1-11,14-29H,12-13H2. The number of hydrogen-bond donors (Lipinski definition) is 0. The third kappa shape index (κ3) is 8.80. The van der Waals surface area contributed by atoms with Crippen molar-refractivity contribution in [1.29, 1.82) is 52.6 Å². The minimum Gasteiger partial charge on any atom is -0.309 e. The molecule has 12 nitrogen and oxygen atoms in total. The lowest BCUT2D eigenvalue weighted by Crippen LogP contribution is -2.11. The Morgan fingerprint density at radius 2 is 0.779 bits per heavy atom. The molecule has 2 aliphatic carbocycles. The van der Waals surface area contributed by atoms with Gasteiger partial charge in [-0.3, -0.25) is 0 Å². The quantitative estimate of drug-likeness (QED) is 0.158. The number of alkyl halides is 3. The minimum absolute atomic E-state index is 0.0364. The second-order valence-corrected chi connectivity index (χ2v) is 20.2. The number of rotatable bonds is 5. The van der Waals surface area contributed by atoms with E-state index >= 15 is 0 Å². The van der Waals surface area contributed by atoms with Gasteiger partial charge in [-0.05, 0) is 142 Å². The lowest BCUT2D eigenvalue weighted by atomic mass is 9.92. The molecule has 396 valence electrons. The predicted octanol–water partition coefficient (Wildman–Crippen LogP) is 14.0. The highest BCUT2D eigenvalue weighted by Gasteiger charge is 2.32. The Hall–Kier alpha value is -13.3. The molecule has 10 aromatic rings. The van der Waals surface area contributed by atoms with E-state index in [1.165, 1.54) is 30.4 Å². The average Bonchev–Trinajstić information content (AvgIpc) is 1.60. The monoisotopic (exact) mass is 1110 g/mol. The molecule has 0 saturated carbocycles. The van der Waals surface area contributed by atoms with Crippen molar-refractivity contribution in [3.8, 4) is 105 Å². The van der Waals surface area contributed by atoms with Gasteiger partial charge in [-0.25, -0.2) is 0 Å². The van der Waals surface area contributed by atoms with Crippen molar-refractivity contribution < 1.29 is 13.2 Å². The molecule has 0 amide bonds. The number of halogens is 3. The molecule has 0 bridgehead atoms. The van der Waals surface area contributed by atoms with E-state index in [0.717, 1.165) is 12.1 Å². The predicted molar refractivity (Wildman–Crippen MR) is 315 cm³/mol. The zero-order chi connectivity index (χ0) is 60.1. The van der Waals surface area contributed by atoms with Gasteiger partial charge < -0.3 is 9.13 Å². The molecule has 12 rings (SSSR count). The fraction of sp³-hybridized carbons (Fsp3) is 0.0423. The molecule has 86 heavy (non-hydrogen) atoms. The summed E-state index contributed by atoms with van der Waals surface area (Å²) in [6.45, 7) is 0. The fourth-order valence-electron chi connectivity index (χ4n) is 11.6. The second kappa shape index (κ2) is 21.0. The Bertz CT molecular complexity index is 5260. The Kier molecular flexibility index (Phi) is 13.0. The molecule has 15 heteroatoms. The molecule has 2 aliphatic rings. The zero-order valence-corrected chi connectivity index (χ0v) is 44.5. The molecular formula is C71H31F3N12. The van der Waals surface area contributed by atoms with Crippen LogP contribution in [0.1, 0.15) is 51.8 Å². The first kappa shape index (κ1) is 53.4. The van der Waals surface area contributed by atoms with Crippen LogP contribution in [0.4, 0.5) is 13.2 Å². The molecule has 0 spiro atoms. The summed E-state index contributed by atoms with van der Waals surface area (Å²) in [5.41, 5.74) is 6.65. The average molecular weight is 1110 g/mol. The number of fused-ring (bicyclic) bond motifs is 6. The number of nitrogens with zero attached hydrogens (tertiary/aromatic N) is 12. The molecule has 2 heterocycles. The first-order chi connectivity index (χ1) is 41.8. The highest BCUT2D eigenvalue weighted by Crippen LogP contribution is 2.44. The van der Waals surface area contributed by atoms with Crippen LogP contribution in [0.15, 0.2) is 186 Å². The number of hydrogen-bond acceptors (Lipinski definition) is 10. The van der Waals surface area contributed by atoms with E-state index < -0.39 is 11.7 Å². The highest BCUT2D eigenvalue weighted by molar-refractivity contribution is 6.13. The molecular weight excluding hydrogens is 1080 g/mol. The third-order valence-corrected chi connectivity index (χ3v) is 15.7. The van der Waals surface area contributed by atoms with Crippen LogP contribution in [0.3, 0.4) is 0 Å². The maximum absolute atomic E-state index is 14.7. The lowest BCUT2D eigenvalue weighted by Gasteiger charge is -2.20. The summed E-state index contributed by atoms with van der Waals surface area (Å²) in [4.78, 5) is 0. The fourth-order valence-corrected chi connectivity index (χ4v) is 11.6. The van der Waals surface area contributed by atoms with Crippen molar-refractivity contribution in [2.45, 2.75) is 19.0 Å². The molecule has 0 aliphatic heterocycles. The summed E-state index contributed by atoms with van der Waals surface area (Å²) in [5, 5.41) is 107. The molecule has 0 N–H and O–H groups in total. The normalized spacial score (nSPS) is 14.1. The van der Waals surface area contributed by atoms with Crippen LogP contribution in [0, 0.1) is 113 Å². The first-order valence-electron chi connectivity index (χ1n) is 26.2.